The minimum atomic E-state index is 0.135. The van der Waals surface area contributed by atoms with Crippen LogP contribution in [0.1, 0.15) is 51.1 Å². The van der Waals surface area contributed by atoms with Crippen LogP contribution in [0.2, 0.25) is 0 Å². The number of H-pyrrole nitrogens is 1. The third-order valence-corrected chi connectivity index (χ3v) is 5.01. The van der Waals surface area contributed by atoms with Crippen molar-refractivity contribution >= 4 is 30.2 Å². The van der Waals surface area contributed by atoms with Gasteiger partial charge in [-0.3, -0.25) is 4.98 Å². The molecule has 0 amide bonds. The summed E-state index contributed by atoms with van der Waals surface area (Å²) < 4.78 is 6.39. The lowest BCUT2D eigenvalue weighted by Gasteiger charge is -2.20. The summed E-state index contributed by atoms with van der Waals surface area (Å²) in [5.41, 5.74) is 0.872. The Morgan fingerprint density at radius 2 is 2.04 bits per heavy atom. The van der Waals surface area contributed by atoms with Crippen molar-refractivity contribution in [3.05, 3.63) is 39.4 Å². The van der Waals surface area contributed by atoms with Crippen LogP contribution in [0.25, 0.3) is 12.2 Å². The molecule has 0 radical (unpaired) electrons. The van der Waals surface area contributed by atoms with Crippen LogP contribution in [0.4, 0.5) is 5.82 Å². The lowest BCUT2D eigenvalue weighted by atomic mass is 10.1. The fraction of sp³-hybridized carbons (Fsp3) is 0.476. The van der Waals surface area contributed by atoms with Gasteiger partial charge >= 0.3 is 0 Å². The molecule has 0 saturated carbocycles. The van der Waals surface area contributed by atoms with Gasteiger partial charge in [-0.05, 0) is 54.4 Å². The number of pyridine rings is 1. The van der Waals surface area contributed by atoms with E-state index in [-0.39, 0.29) is 12.6 Å². The topological polar surface area (TPSA) is 83.1 Å². The standard InChI is InChI=1S/C21H28N4O2S/c1-2-3-8-17(9-10-26)24-20-19(13-23-21(28)25-20)27-14-18-11-15-6-4-5-7-16(15)12-22-18/h6-7,11-13,17,26H,2-5,8-10,14H2,1H3,(H2,23,24,25,28)/t17-/m0/s1. The van der Waals surface area contributed by atoms with Crippen LogP contribution in [-0.2, 0) is 6.61 Å². The highest BCUT2D eigenvalue weighted by Gasteiger charge is 2.13. The Labute approximate surface area is 170 Å². The minimum absolute atomic E-state index is 0.135. The number of fused-ring (bicyclic) bond motifs is 1. The number of ether oxygens (including phenoxy) is 1. The van der Waals surface area contributed by atoms with Crippen molar-refractivity contribution in [1.82, 2.24) is 15.0 Å². The molecule has 3 N–H and O–H groups in total. The number of hydrogen-bond acceptors (Lipinski definition) is 6. The number of aromatic nitrogens is 3. The molecular formula is C21H28N4O2S. The van der Waals surface area contributed by atoms with E-state index in [0.717, 1.165) is 37.8 Å². The normalized spacial score (nSPS) is 13.8. The van der Waals surface area contributed by atoms with Gasteiger partial charge < -0.3 is 20.1 Å². The number of rotatable bonds is 10. The van der Waals surface area contributed by atoms with Crippen molar-refractivity contribution in [2.75, 3.05) is 11.9 Å². The Balaban J connectivity index is 1.74. The van der Waals surface area contributed by atoms with Crippen molar-refractivity contribution in [3.8, 4) is 5.75 Å². The average molecular weight is 401 g/mol. The van der Waals surface area contributed by atoms with Gasteiger partial charge in [0.05, 0.1) is 11.9 Å². The largest absolute Gasteiger partial charge is 0.482 e. The molecule has 0 saturated heterocycles. The van der Waals surface area contributed by atoms with Crippen molar-refractivity contribution in [1.29, 1.82) is 0 Å². The predicted octanol–water partition coefficient (Wildman–Crippen LogP) is 2.82. The minimum Gasteiger partial charge on any atom is -0.482 e. The second-order valence-electron chi connectivity index (χ2n) is 7.00. The SMILES string of the molecule is CCCC[C@@H](CCO)Nc1[nH]c(=S)ncc1OCc1cc2c(cn1)=CCCC=2. The number of unbranched alkanes of at least 4 members (excludes halogenated alkanes) is 1. The number of nitrogens with one attached hydrogen (secondary N) is 2. The first-order chi connectivity index (χ1) is 13.7. The molecule has 150 valence electrons. The highest BCUT2D eigenvalue weighted by Crippen LogP contribution is 2.23. The van der Waals surface area contributed by atoms with E-state index >= 15 is 0 Å². The molecule has 28 heavy (non-hydrogen) atoms. The van der Waals surface area contributed by atoms with E-state index in [2.05, 4.69) is 45.4 Å². The van der Waals surface area contributed by atoms with E-state index in [1.165, 1.54) is 10.4 Å². The maximum atomic E-state index is 9.36. The summed E-state index contributed by atoms with van der Waals surface area (Å²) in [5.74, 6) is 1.30. The first kappa shape index (κ1) is 20.5. The molecule has 6 nitrogen and oxygen atoms in total. The van der Waals surface area contributed by atoms with Gasteiger partial charge in [-0.1, -0.05) is 31.9 Å². The maximum Gasteiger partial charge on any atom is 0.198 e. The summed E-state index contributed by atoms with van der Waals surface area (Å²) in [4.78, 5) is 11.7. The van der Waals surface area contributed by atoms with Gasteiger partial charge in [0.25, 0.3) is 0 Å². The maximum absolute atomic E-state index is 9.36. The molecule has 1 atom stereocenters. The Morgan fingerprint density at radius 3 is 2.82 bits per heavy atom. The summed E-state index contributed by atoms with van der Waals surface area (Å²) in [6, 6.07) is 2.22. The molecule has 2 aromatic rings. The van der Waals surface area contributed by atoms with Gasteiger partial charge in [-0.15, -0.1) is 0 Å². The average Bonchev–Trinajstić information content (AvgIpc) is 2.71. The number of aliphatic hydroxyl groups excluding tert-OH is 1. The van der Waals surface area contributed by atoms with Gasteiger partial charge in [-0.25, -0.2) is 4.98 Å². The molecule has 7 heteroatoms. The van der Waals surface area contributed by atoms with Crippen molar-refractivity contribution in [3.63, 3.8) is 0 Å². The molecule has 1 aliphatic rings. The fourth-order valence-corrected chi connectivity index (χ4v) is 3.44. The Morgan fingerprint density at radius 1 is 1.21 bits per heavy atom. The molecular weight excluding hydrogens is 372 g/mol. The number of anilines is 1. The molecule has 2 heterocycles. The van der Waals surface area contributed by atoms with E-state index in [4.69, 9.17) is 17.0 Å². The lowest BCUT2D eigenvalue weighted by molar-refractivity contribution is 0.275. The van der Waals surface area contributed by atoms with Crippen molar-refractivity contribution in [2.24, 2.45) is 0 Å². The molecule has 0 unspecified atom stereocenters. The molecule has 0 spiro atoms. The van der Waals surface area contributed by atoms with Gasteiger partial charge in [0.1, 0.15) is 6.61 Å². The number of hydrogen-bond donors (Lipinski definition) is 3. The van der Waals surface area contributed by atoms with Gasteiger partial charge in [0.2, 0.25) is 0 Å². The van der Waals surface area contributed by atoms with Crippen molar-refractivity contribution < 1.29 is 9.84 Å². The summed E-state index contributed by atoms with van der Waals surface area (Å²) >= 11 is 5.18. The number of aliphatic hydroxyl groups is 1. The van der Waals surface area contributed by atoms with Gasteiger partial charge in [0, 0.05) is 18.8 Å². The molecule has 0 bridgehead atoms. The Hall–Kier alpha value is -2.25. The summed E-state index contributed by atoms with van der Waals surface area (Å²) in [7, 11) is 0. The first-order valence-corrected chi connectivity index (χ1v) is 10.3. The Bertz CT molecular complexity index is 958. The van der Waals surface area contributed by atoms with Crippen LogP contribution >= 0.6 is 12.2 Å². The molecule has 2 aromatic heterocycles. The monoisotopic (exact) mass is 400 g/mol. The summed E-state index contributed by atoms with van der Waals surface area (Å²) in [5, 5.41) is 15.2. The van der Waals surface area contributed by atoms with Crippen LogP contribution < -0.4 is 20.5 Å². The third kappa shape index (κ3) is 5.62. The van der Waals surface area contributed by atoms with Crippen LogP contribution in [0.15, 0.2) is 18.5 Å². The van der Waals surface area contributed by atoms with E-state index in [1.54, 1.807) is 6.20 Å². The molecule has 0 aromatic carbocycles. The zero-order chi connectivity index (χ0) is 19.8. The Kier molecular flexibility index (Phi) is 7.56. The summed E-state index contributed by atoms with van der Waals surface area (Å²) in [6.45, 7) is 2.64. The fourth-order valence-electron chi connectivity index (χ4n) is 3.28. The predicted molar refractivity (Wildman–Crippen MR) is 114 cm³/mol. The van der Waals surface area contributed by atoms with Crippen LogP contribution in [0.5, 0.6) is 5.75 Å². The van der Waals surface area contributed by atoms with Crippen LogP contribution in [-0.4, -0.2) is 32.7 Å². The second-order valence-corrected chi connectivity index (χ2v) is 7.39. The van der Waals surface area contributed by atoms with E-state index in [1.807, 2.05) is 6.20 Å². The molecule has 0 fully saturated rings. The van der Waals surface area contributed by atoms with Crippen molar-refractivity contribution in [2.45, 2.75) is 58.1 Å². The van der Waals surface area contributed by atoms with E-state index < -0.39 is 0 Å². The molecule has 3 rings (SSSR count). The van der Waals surface area contributed by atoms with Crippen LogP contribution in [0.3, 0.4) is 0 Å². The quantitative estimate of drug-likeness (QED) is 0.532. The smallest absolute Gasteiger partial charge is 0.198 e. The zero-order valence-corrected chi connectivity index (χ0v) is 17.1. The van der Waals surface area contributed by atoms with Gasteiger partial charge in [-0.2, -0.15) is 0 Å². The third-order valence-electron chi connectivity index (χ3n) is 4.81. The highest BCUT2D eigenvalue weighted by molar-refractivity contribution is 7.71. The molecule has 1 aliphatic carbocycles. The van der Waals surface area contributed by atoms with E-state index in [9.17, 15) is 5.11 Å². The lowest BCUT2D eigenvalue weighted by Crippen LogP contribution is -2.28. The summed E-state index contributed by atoms with van der Waals surface area (Å²) in [6.07, 6.45) is 14.0. The first-order valence-electron chi connectivity index (χ1n) is 9.94. The van der Waals surface area contributed by atoms with Crippen LogP contribution in [0, 0.1) is 4.77 Å². The highest BCUT2D eigenvalue weighted by atomic mass is 32.1. The van der Waals surface area contributed by atoms with Gasteiger partial charge in [0.15, 0.2) is 16.3 Å². The second kappa shape index (κ2) is 10.3. The number of aromatic amines is 1. The molecule has 0 aliphatic heterocycles. The zero-order valence-electron chi connectivity index (χ0n) is 16.3. The van der Waals surface area contributed by atoms with E-state index in [0.29, 0.717) is 29.4 Å². The number of nitrogens with zero attached hydrogens (tertiary/aromatic N) is 2.